The molecule has 1 aromatic carbocycles. The van der Waals surface area contributed by atoms with Gasteiger partial charge in [0, 0.05) is 13.1 Å². The molecule has 0 spiro atoms. The van der Waals surface area contributed by atoms with Gasteiger partial charge in [0.05, 0.1) is 16.6 Å². The second-order valence-corrected chi connectivity index (χ2v) is 7.62. The number of halogens is 3. The number of ether oxygens (including phenoxy) is 1. The zero-order chi connectivity index (χ0) is 24.1. The normalized spacial score (nSPS) is 16.4. The van der Waals surface area contributed by atoms with Gasteiger partial charge >= 0.3 is 12.1 Å². The summed E-state index contributed by atoms with van der Waals surface area (Å²) in [4.78, 5) is 36.1. The lowest BCUT2D eigenvalue weighted by atomic mass is 9.81. The summed E-state index contributed by atoms with van der Waals surface area (Å²) in [5, 5.41) is 23.1. The largest absolute Gasteiger partial charge is 0.454 e. The number of carbonyl (C=O) groups excluding carboxylic acids is 2. The van der Waals surface area contributed by atoms with E-state index in [0.717, 1.165) is 25.3 Å². The lowest BCUT2D eigenvalue weighted by Crippen LogP contribution is -2.51. The lowest BCUT2D eigenvalue weighted by molar-refractivity contribution is -0.384. The number of alkyl halides is 3. The summed E-state index contributed by atoms with van der Waals surface area (Å²) in [5.41, 5.74) is -3.32. The molecule has 1 unspecified atom stereocenters. The average Bonchev–Trinajstić information content (AvgIpc) is 2.76. The fourth-order valence-electron chi connectivity index (χ4n) is 3.53. The molecule has 1 aromatic rings. The van der Waals surface area contributed by atoms with E-state index in [9.17, 15) is 38.1 Å². The fourth-order valence-corrected chi connectivity index (χ4v) is 3.53. The number of benzene rings is 1. The van der Waals surface area contributed by atoms with Crippen LogP contribution in [0.2, 0.25) is 0 Å². The predicted molar refractivity (Wildman–Crippen MR) is 106 cm³/mol. The first-order valence-corrected chi connectivity index (χ1v) is 9.88. The van der Waals surface area contributed by atoms with E-state index in [1.165, 1.54) is 18.9 Å². The minimum atomic E-state index is -4.76. The molecule has 0 aliphatic heterocycles. The van der Waals surface area contributed by atoms with Gasteiger partial charge in [-0.25, -0.2) is 4.79 Å². The molecule has 1 saturated carbocycles. The number of nitrogens with zero attached hydrogens (tertiary/aromatic N) is 3. The van der Waals surface area contributed by atoms with E-state index in [2.05, 4.69) is 11.4 Å². The van der Waals surface area contributed by atoms with Crippen molar-refractivity contribution in [3.8, 4) is 6.07 Å². The number of esters is 1. The van der Waals surface area contributed by atoms with E-state index in [4.69, 9.17) is 4.74 Å². The van der Waals surface area contributed by atoms with Gasteiger partial charge in [0.25, 0.3) is 11.6 Å². The Labute approximate surface area is 182 Å². The number of carbonyl (C=O) groups is 2. The van der Waals surface area contributed by atoms with Crippen molar-refractivity contribution >= 4 is 23.3 Å². The average molecular weight is 456 g/mol. The van der Waals surface area contributed by atoms with Crippen LogP contribution in [-0.2, 0) is 20.5 Å². The van der Waals surface area contributed by atoms with E-state index in [-0.39, 0.29) is 5.69 Å². The molecule has 0 aromatic heterocycles. The van der Waals surface area contributed by atoms with Gasteiger partial charge in [-0.1, -0.05) is 19.3 Å². The Balaban J connectivity index is 2.02. The maximum absolute atomic E-state index is 12.8. The van der Waals surface area contributed by atoms with Crippen LogP contribution < -0.4 is 5.32 Å². The topological polar surface area (TPSA) is 126 Å². The molecule has 1 aliphatic rings. The molecular formula is C20H23F3N4O5. The Kier molecular flexibility index (Phi) is 7.66. The minimum absolute atomic E-state index is 0.304. The van der Waals surface area contributed by atoms with E-state index < -0.39 is 52.4 Å². The number of anilines is 1. The Morgan fingerprint density at radius 3 is 2.50 bits per heavy atom. The predicted octanol–water partition coefficient (Wildman–Crippen LogP) is 3.64. The molecule has 0 heterocycles. The van der Waals surface area contributed by atoms with E-state index in [1.807, 2.05) is 0 Å². The Hall–Kier alpha value is -3.36. The minimum Gasteiger partial charge on any atom is -0.454 e. The smallest absolute Gasteiger partial charge is 0.416 e. The number of nitro groups is 1. The second-order valence-electron chi connectivity index (χ2n) is 7.62. The Morgan fingerprint density at radius 1 is 1.34 bits per heavy atom. The third kappa shape index (κ3) is 5.66. The molecule has 32 heavy (non-hydrogen) atoms. The summed E-state index contributed by atoms with van der Waals surface area (Å²) >= 11 is 0. The SMILES string of the molecule is CC(Nc1ccc(C(F)(F)F)cc1[N+](=O)[O-])C(=O)OCC(=O)N(C)C1(C#N)CCCCC1. The summed E-state index contributed by atoms with van der Waals surface area (Å²) < 4.78 is 43.4. The number of hydrogen-bond donors (Lipinski definition) is 1. The van der Waals surface area contributed by atoms with Crippen LogP contribution in [0.15, 0.2) is 18.2 Å². The van der Waals surface area contributed by atoms with Crippen LogP contribution in [-0.4, -0.2) is 46.9 Å². The number of rotatable bonds is 7. The number of hydrogen-bond acceptors (Lipinski definition) is 7. The van der Waals surface area contributed by atoms with Gasteiger partial charge in [-0.2, -0.15) is 18.4 Å². The van der Waals surface area contributed by atoms with Crippen molar-refractivity contribution in [2.75, 3.05) is 19.0 Å². The molecule has 12 heteroatoms. The summed E-state index contributed by atoms with van der Waals surface area (Å²) in [6.45, 7) is 0.649. The van der Waals surface area contributed by atoms with Crippen LogP contribution in [0.25, 0.3) is 0 Å². The first kappa shape index (κ1) is 24.9. The van der Waals surface area contributed by atoms with E-state index in [1.54, 1.807) is 0 Å². The van der Waals surface area contributed by atoms with Gasteiger partial charge < -0.3 is 15.0 Å². The van der Waals surface area contributed by atoms with Crippen molar-refractivity contribution < 1.29 is 32.4 Å². The molecule has 9 nitrogen and oxygen atoms in total. The van der Waals surface area contributed by atoms with Crippen LogP contribution >= 0.6 is 0 Å². The molecular weight excluding hydrogens is 433 g/mol. The molecule has 1 N–H and O–H groups in total. The number of nitro benzene ring substituents is 1. The highest BCUT2D eigenvalue weighted by Gasteiger charge is 2.39. The highest BCUT2D eigenvalue weighted by molar-refractivity contribution is 5.84. The zero-order valence-corrected chi connectivity index (χ0v) is 17.6. The summed E-state index contributed by atoms with van der Waals surface area (Å²) in [7, 11) is 1.47. The van der Waals surface area contributed by atoms with Crippen LogP contribution in [0.3, 0.4) is 0 Å². The number of likely N-dealkylation sites (N-methyl/N-ethyl adjacent to an activating group) is 1. The molecule has 1 atom stereocenters. The summed E-state index contributed by atoms with van der Waals surface area (Å²) in [6.07, 6.45) is -1.14. The summed E-state index contributed by atoms with van der Waals surface area (Å²) in [5.74, 6) is -1.51. The molecule has 0 bridgehead atoms. The molecule has 0 saturated heterocycles. The molecule has 0 radical (unpaired) electrons. The second kappa shape index (κ2) is 9.84. The molecule has 2 rings (SSSR count). The lowest BCUT2D eigenvalue weighted by Gasteiger charge is -2.38. The number of amides is 1. The van der Waals surface area contributed by atoms with E-state index in [0.29, 0.717) is 25.0 Å². The van der Waals surface area contributed by atoms with E-state index >= 15 is 0 Å². The van der Waals surface area contributed by atoms with Crippen molar-refractivity contribution in [1.29, 1.82) is 5.26 Å². The first-order valence-electron chi connectivity index (χ1n) is 9.88. The van der Waals surface area contributed by atoms with Crippen LogP contribution in [0, 0.1) is 21.4 Å². The highest BCUT2D eigenvalue weighted by Crippen LogP contribution is 2.35. The van der Waals surface area contributed by atoms with Crippen molar-refractivity contribution in [3.05, 3.63) is 33.9 Å². The summed E-state index contributed by atoms with van der Waals surface area (Å²) in [6, 6.07) is 2.86. The number of nitriles is 1. The molecule has 1 fully saturated rings. The quantitative estimate of drug-likeness (QED) is 0.377. The zero-order valence-electron chi connectivity index (χ0n) is 17.6. The number of nitrogens with one attached hydrogen (secondary N) is 1. The van der Waals surface area contributed by atoms with Crippen LogP contribution in [0.5, 0.6) is 0 Å². The third-order valence-electron chi connectivity index (χ3n) is 5.49. The fraction of sp³-hybridized carbons (Fsp3) is 0.550. The standard InChI is InChI=1S/C20H23F3N4O5/c1-13(25-15-7-6-14(20(21,22)23)10-16(15)27(30)31)18(29)32-11-17(28)26(2)19(12-24)8-4-3-5-9-19/h6-7,10,13,25H,3-5,8-9,11H2,1-2H3. The van der Waals surface area contributed by atoms with Gasteiger partial charge in [-0.15, -0.1) is 0 Å². The van der Waals surface area contributed by atoms with Gasteiger partial charge in [0.1, 0.15) is 17.3 Å². The third-order valence-corrected chi connectivity index (χ3v) is 5.49. The Morgan fingerprint density at radius 2 is 1.97 bits per heavy atom. The maximum atomic E-state index is 12.8. The molecule has 1 amide bonds. The van der Waals surface area contributed by atoms with Gasteiger partial charge in [-0.05, 0) is 31.9 Å². The van der Waals surface area contributed by atoms with Crippen molar-refractivity contribution in [3.63, 3.8) is 0 Å². The van der Waals surface area contributed by atoms with Crippen LogP contribution in [0.1, 0.15) is 44.6 Å². The molecule has 174 valence electrons. The first-order chi connectivity index (χ1) is 14.9. The van der Waals surface area contributed by atoms with Gasteiger partial charge in [-0.3, -0.25) is 14.9 Å². The highest BCUT2D eigenvalue weighted by atomic mass is 19.4. The van der Waals surface area contributed by atoms with Crippen molar-refractivity contribution in [2.24, 2.45) is 0 Å². The van der Waals surface area contributed by atoms with Crippen molar-refractivity contribution in [1.82, 2.24) is 4.90 Å². The Bertz CT molecular complexity index is 923. The van der Waals surface area contributed by atoms with Crippen LogP contribution in [0.4, 0.5) is 24.5 Å². The van der Waals surface area contributed by atoms with Crippen molar-refractivity contribution in [2.45, 2.75) is 56.8 Å². The molecule has 1 aliphatic carbocycles. The maximum Gasteiger partial charge on any atom is 0.416 e. The monoisotopic (exact) mass is 456 g/mol. The van der Waals surface area contributed by atoms with Gasteiger partial charge in [0.15, 0.2) is 6.61 Å². The van der Waals surface area contributed by atoms with Gasteiger partial charge in [0.2, 0.25) is 0 Å².